The fourth-order valence-corrected chi connectivity index (χ4v) is 2.65. The summed E-state index contributed by atoms with van der Waals surface area (Å²) in [6.45, 7) is 4.99. The minimum Gasteiger partial charge on any atom is -0.396 e. The van der Waals surface area contributed by atoms with Gasteiger partial charge in [-0.25, -0.2) is 0 Å². The summed E-state index contributed by atoms with van der Waals surface area (Å²) in [7, 11) is 2.21. The number of nitrogens with zero attached hydrogens (tertiary/aromatic N) is 2. The predicted octanol–water partition coefficient (Wildman–Crippen LogP) is 0.926. The molecule has 1 heterocycles. The molecule has 1 aliphatic heterocycles. The van der Waals surface area contributed by atoms with Crippen molar-refractivity contribution in [3.8, 4) is 0 Å². The standard InChI is InChI=1S/C12H24N2O/c1-10-5-7-14(11-3-4-11)12(6-8-15)9-13(10)2/h10-12,15H,3-9H2,1-2H3. The Labute approximate surface area is 93.1 Å². The Kier molecular flexibility index (Phi) is 3.65. The Balaban J connectivity index is 2.00. The van der Waals surface area contributed by atoms with Gasteiger partial charge in [-0.3, -0.25) is 4.90 Å². The molecule has 0 radical (unpaired) electrons. The van der Waals surface area contributed by atoms with Gasteiger partial charge in [0, 0.05) is 37.8 Å². The number of hydrogen-bond donors (Lipinski definition) is 1. The fourth-order valence-electron chi connectivity index (χ4n) is 2.65. The van der Waals surface area contributed by atoms with Gasteiger partial charge >= 0.3 is 0 Å². The first-order valence-corrected chi connectivity index (χ1v) is 6.29. The van der Waals surface area contributed by atoms with Crippen molar-refractivity contribution in [2.75, 3.05) is 26.7 Å². The van der Waals surface area contributed by atoms with Crippen molar-refractivity contribution < 1.29 is 5.11 Å². The van der Waals surface area contributed by atoms with Crippen molar-refractivity contribution >= 4 is 0 Å². The van der Waals surface area contributed by atoms with Crippen LogP contribution in [0, 0.1) is 0 Å². The molecule has 0 aromatic heterocycles. The van der Waals surface area contributed by atoms with Gasteiger partial charge < -0.3 is 10.0 Å². The van der Waals surface area contributed by atoms with E-state index in [4.69, 9.17) is 5.11 Å². The van der Waals surface area contributed by atoms with E-state index in [9.17, 15) is 0 Å². The van der Waals surface area contributed by atoms with Crippen LogP contribution >= 0.6 is 0 Å². The smallest absolute Gasteiger partial charge is 0.0446 e. The number of aliphatic hydroxyl groups is 1. The van der Waals surface area contributed by atoms with Gasteiger partial charge in [-0.1, -0.05) is 0 Å². The van der Waals surface area contributed by atoms with Crippen molar-refractivity contribution in [2.24, 2.45) is 0 Å². The molecule has 1 saturated heterocycles. The van der Waals surface area contributed by atoms with E-state index < -0.39 is 0 Å². The average molecular weight is 212 g/mol. The van der Waals surface area contributed by atoms with E-state index in [-0.39, 0.29) is 0 Å². The molecular formula is C12H24N2O. The van der Waals surface area contributed by atoms with Gasteiger partial charge in [-0.15, -0.1) is 0 Å². The van der Waals surface area contributed by atoms with Gasteiger partial charge in [0.1, 0.15) is 0 Å². The predicted molar refractivity (Wildman–Crippen MR) is 61.9 cm³/mol. The summed E-state index contributed by atoms with van der Waals surface area (Å²) in [5.41, 5.74) is 0. The highest BCUT2D eigenvalue weighted by molar-refractivity contribution is 4.92. The van der Waals surface area contributed by atoms with Crippen LogP contribution < -0.4 is 0 Å². The van der Waals surface area contributed by atoms with Crippen LogP contribution in [-0.4, -0.2) is 59.8 Å². The molecule has 1 N–H and O–H groups in total. The van der Waals surface area contributed by atoms with Crippen LogP contribution in [0.3, 0.4) is 0 Å². The van der Waals surface area contributed by atoms with Crippen LogP contribution in [0.25, 0.3) is 0 Å². The number of likely N-dealkylation sites (N-methyl/N-ethyl adjacent to an activating group) is 1. The summed E-state index contributed by atoms with van der Waals surface area (Å²) in [5, 5.41) is 9.14. The highest BCUT2D eigenvalue weighted by atomic mass is 16.3. The third kappa shape index (κ3) is 2.71. The summed E-state index contributed by atoms with van der Waals surface area (Å²) < 4.78 is 0. The first-order chi connectivity index (χ1) is 7.22. The number of hydrogen-bond acceptors (Lipinski definition) is 3. The van der Waals surface area contributed by atoms with E-state index in [1.807, 2.05) is 0 Å². The van der Waals surface area contributed by atoms with E-state index >= 15 is 0 Å². The van der Waals surface area contributed by atoms with Crippen LogP contribution in [0.4, 0.5) is 0 Å². The monoisotopic (exact) mass is 212 g/mol. The second-order valence-corrected chi connectivity index (χ2v) is 5.21. The zero-order chi connectivity index (χ0) is 10.8. The third-order valence-electron chi connectivity index (χ3n) is 4.00. The molecule has 2 atom stereocenters. The van der Waals surface area contributed by atoms with Gasteiger partial charge in [0.2, 0.25) is 0 Å². The minimum absolute atomic E-state index is 0.329. The van der Waals surface area contributed by atoms with Crippen LogP contribution in [0.15, 0.2) is 0 Å². The van der Waals surface area contributed by atoms with E-state index in [1.54, 1.807) is 0 Å². The molecule has 1 saturated carbocycles. The fraction of sp³-hybridized carbons (Fsp3) is 1.00. The molecule has 2 aliphatic rings. The zero-order valence-corrected chi connectivity index (χ0v) is 10.0. The van der Waals surface area contributed by atoms with Crippen LogP contribution in [-0.2, 0) is 0 Å². The summed E-state index contributed by atoms with van der Waals surface area (Å²) in [6.07, 6.45) is 4.96. The Hall–Kier alpha value is -0.120. The number of aliphatic hydroxyl groups excluding tert-OH is 1. The van der Waals surface area contributed by atoms with Crippen molar-refractivity contribution in [1.82, 2.24) is 9.80 Å². The highest BCUT2D eigenvalue weighted by Crippen LogP contribution is 2.31. The molecule has 0 amide bonds. The SMILES string of the molecule is CC1CCN(C2CC2)C(CCO)CN1C. The maximum atomic E-state index is 9.14. The van der Waals surface area contributed by atoms with Crippen molar-refractivity contribution in [3.05, 3.63) is 0 Å². The molecule has 3 nitrogen and oxygen atoms in total. The molecule has 88 valence electrons. The Morgan fingerprint density at radius 3 is 2.60 bits per heavy atom. The van der Waals surface area contributed by atoms with E-state index in [2.05, 4.69) is 23.8 Å². The lowest BCUT2D eigenvalue weighted by Gasteiger charge is -2.30. The molecule has 15 heavy (non-hydrogen) atoms. The Morgan fingerprint density at radius 1 is 1.27 bits per heavy atom. The van der Waals surface area contributed by atoms with Gasteiger partial charge in [0.05, 0.1) is 0 Å². The topological polar surface area (TPSA) is 26.7 Å². The maximum Gasteiger partial charge on any atom is 0.0446 e. The third-order valence-corrected chi connectivity index (χ3v) is 4.00. The van der Waals surface area contributed by atoms with Crippen molar-refractivity contribution in [2.45, 2.75) is 50.7 Å². The maximum absolute atomic E-state index is 9.14. The lowest BCUT2D eigenvalue weighted by molar-refractivity contribution is 0.140. The second-order valence-electron chi connectivity index (χ2n) is 5.21. The van der Waals surface area contributed by atoms with Gasteiger partial charge in [0.15, 0.2) is 0 Å². The normalized spacial score (nSPS) is 35.4. The van der Waals surface area contributed by atoms with Gasteiger partial charge in [-0.2, -0.15) is 0 Å². The van der Waals surface area contributed by atoms with Crippen LogP contribution in [0.2, 0.25) is 0 Å². The molecule has 2 rings (SSSR count). The quantitative estimate of drug-likeness (QED) is 0.754. The summed E-state index contributed by atoms with van der Waals surface area (Å²) >= 11 is 0. The van der Waals surface area contributed by atoms with Crippen LogP contribution in [0.1, 0.15) is 32.6 Å². The molecule has 2 unspecified atom stereocenters. The van der Waals surface area contributed by atoms with E-state index in [0.29, 0.717) is 18.7 Å². The highest BCUT2D eigenvalue weighted by Gasteiger charge is 2.36. The van der Waals surface area contributed by atoms with Crippen molar-refractivity contribution in [1.29, 1.82) is 0 Å². The largest absolute Gasteiger partial charge is 0.396 e. The van der Waals surface area contributed by atoms with E-state index in [1.165, 1.54) is 25.8 Å². The molecule has 1 aliphatic carbocycles. The summed E-state index contributed by atoms with van der Waals surface area (Å²) in [4.78, 5) is 5.10. The van der Waals surface area contributed by atoms with Gasteiger partial charge in [-0.05, 0) is 39.7 Å². The first-order valence-electron chi connectivity index (χ1n) is 6.29. The summed E-state index contributed by atoms with van der Waals surface area (Å²) in [6, 6.07) is 2.10. The first kappa shape index (κ1) is 11.4. The Bertz CT molecular complexity index is 206. The lowest BCUT2D eigenvalue weighted by atomic mass is 10.1. The molecule has 2 fully saturated rings. The minimum atomic E-state index is 0.329. The number of rotatable bonds is 3. The molecule has 0 aromatic rings. The summed E-state index contributed by atoms with van der Waals surface area (Å²) in [5.74, 6) is 0. The molecule has 3 heteroatoms. The molecule has 0 aromatic carbocycles. The zero-order valence-electron chi connectivity index (χ0n) is 10.0. The molecule has 0 bridgehead atoms. The molecular weight excluding hydrogens is 188 g/mol. The van der Waals surface area contributed by atoms with E-state index in [0.717, 1.165) is 19.0 Å². The second kappa shape index (κ2) is 4.81. The van der Waals surface area contributed by atoms with Crippen molar-refractivity contribution in [3.63, 3.8) is 0 Å². The van der Waals surface area contributed by atoms with Crippen LogP contribution in [0.5, 0.6) is 0 Å². The average Bonchev–Trinajstić information content (AvgIpc) is 3.00. The van der Waals surface area contributed by atoms with Gasteiger partial charge in [0.25, 0.3) is 0 Å². The lowest BCUT2D eigenvalue weighted by Crippen LogP contribution is -2.42. The molecule has 0 spiro atoms. The Morgan fingerprint density at radius 2 is 2.00 bits per heavy atom.